The zero-order valence-electron chi connectivity index (χ0n) is 5.78. The van der Waals surface area contributed by atoms with E-state index >= 15 is 0 Å². The van der Waals surface area contributed by atoms with Crippen LogP contribution in [0, 0.1) is 11.3 Å². The summed E-state index contributed by atoms with van der Waals surface area (Å²) in [5.74, 6) is -0.171. The van der Waals surface area contributed by atoms with Gasteiger partial charge < -0.3 is 4.90 Å². The van der Waals surface area contributed by atoms with Crippen LogP contribution in [-0.2, 0) is 9.59 Å². The molecule has 0 N–H and O–H groups in total. The highest BCUT2D eigenvalue weighted by molar-refractivity contribution is 5.99. The molecule has 2 heterocycles. The molecule has 0 saturated carbocycles. The lowest BCUT2D eigenvalue weighted by Crippen LogP contribution is -2.52. The van der Waals surface area contributed by atoms with Crippen LogP contribution in [0.1, 0.15) is 12.8 Å². The standard InChI is InChI=1S/C7H6N2O2/c8-3-5-6(10)1-4-2-7(11)9(4)5/h4-5H,1-2H2. The van der Waals surface area contributed by atoms with Crippen LogP contribution in [0.5, 0.6) is 0 Å². The van der Waals surface area contributed by atoms with Crippen molar-refractivity contribution in [3.05, 3.63) is 0 Å². The number of Topliss-reactive ketones (excluding diaryl/α,β-unsaturated/α-hetero) is 1. The van der Waals surface area contributed by atoms with Gasteiger partial charge in [0, 0.05) is 18.9 Å². The Morgan fingerprint density at radius 2 is 2.18 bits per heavy atom. The maximum Gasteiger partial charge on any atom is 0.226 e. The van der Waals surface area contributed by atoms with Gasteiger partial charge in [-0.05, 0) is 0 Å². The van der Waals surface area contributed by atoms with Gasteiger partial charge in [0.05, 0.1) is 6.07 Å². The quantitative estimate of drug-likeness (QED) is 0.435. The van der Waals surface area contributed by atoms with Gasteiger partial charge in [0.1, 0.15) is 0 Å². The monoisotopic (exact) mass is 150 g/mol. The summed E-state index contributed by atoms with van der Waals surface area (Å²) in [5, 5.41) is 8.51. The minimum Gasteiger partial charge on any atom is -0.316 e. The van der Waals surface area contributed by atoms with Crippen molar-refractivity contribution in [1.82, 2.24) is 4.90 Å². The third kappa shape index (κ3) is 0.625. The Hall–Kier alpha value is -1.37. The molecule has 2 aliphatic rings. The summed E-state index contributed by atoms with van der Waals surface area (Å²) in [6, 6.07) is 1.10. The summed E-state index contributed by atoms with van der Waals surface area (Å²) in [7, 11) is 0. The van der Waals surface area contributed by atoms with Gasteiger partial charge in [0.15, 0.2) is 11.8 Å². The summed E-state index contributed by atoms with van der Waals surface area (Å²) in [6.45, 7) is 0. The molecule has 56 valence electrons. The molecule has 0 aliphatic carbocycles. The van der Waals surface area contributed by atoms with Crippen molar-refractivity contribution in [3.8, 4) is 6.07 Å². The molecule has 0 spiro atoms. The maximum absolute atomic E-state index is 11.0. The Kier molecular flexibility index (Phi) is 1.05. The summed E-state index contributed by atoms with van der Waals surface area (Å²) in [6.07, 6.45) is 0.827. The van der Waals surface area contributed by atoms with E-state index in [4.69, 9.17) is 5.26 Å². The largest absolute Gasteiger partial charge is 0.316 e. The topological polar surface area (TPSA) is 61.2 Å². The Morgan fingerprint density at radius 1 is 1.45 bits per heavy atom. The summed E-state index contributed by atoms with van der Waals surface area (Å²) in [5.41, 5.74) is 0. The minimum absolute atomic E-state index is 0.0413. The van der Waals surface area contributed by atoms with E-state index in [0.717, 1.165) is 0 Å². The molecule has 11 heavy (non-hydrogen) atoms. The number of β-lactam (4-membered cyclic amide) rings is 1. The second-order valence-electron chi connectivity index (χ2n) is 2.86. The van der Waals surface area contributed by atoms with Gasteiger partial charge in [-0.1, -0.05) is 0 Å². The van der Waals surface area contributed by atoms with Gasteiger partial charge in [-0.3, -0.25) is 9.59 Å². The summed E-state index contributed by atoms with van der Waals surface area (Å²) >= 11 is 0. The van der Waals surface area contributed by atoms with Gasteiger partial charge >= 0.3 is 0 Å². The van der Waals surface area contributed by atoms with E-state index in [0.29, 0.717) is 12.8 Å². The highest BCUT2D eigenvalue weighted by atomic mass is 16.2. The minimum atomic E-state index is -0.777. The van der Waals surface area contributed by atoms with Gasteiger partial charge in [0.25, 0.3) is 0 Å². The van der Waals surface area contributed by atoms with Crippen LogP contribution >= 0.6 is 0 Å². The van der Waals surface area contributed by atoms with Crippen molar-refractivity contribution in [2.45, 2.75) is 24.9 Å². The number of amides is 1. The van der Waals surface area contributed by atoms with Crippen molar-refractivity contribution >= 4 is 11.7 Å². The zero-order chi connectivity index (χ0) is 8.01. The van der Waals surface area contributed by atoms with E-state index in [1.165, 1.54) is 4.90 Å². The molecule has 0 aromatic carbocycles. The highest BCUT2D eigenvalue weighted by Crippen LogP contribution is 2.32. The normalized spacial score (nSPS) is 34.6. The van der Waals surface area contributed by atoms with Gasteiger partial charge in [-0.2, -0.15) is 5.26 Å². The van der Waals surface area contributed by atoms with Crippen LogP contribution in [0.15, 0.2) is 0 Å². The number of rotatable bonds is 0. The Morgan fingerprint density at radius 3 is 2.64 bits per heavy atom. The average molecular weight is 150 g/mol. The van der Waals surface area contributed by atoms with E-state index in [1.807, 2.05) is 6.07 Å². The predicted molar refractivity (Wildman–Crippen MR) is 34.3 cm³/mol. The smallest absolute Gasteiger partial charge is 0.226 e. The molecular weight excluding hydrogens is 144 g/mol. The molecule has 4 heteroatoms. The van der Waals surface area contributed by atoms with Gasteiger partial charge in [-0.25, -0.2) is 0 Å². The van der Waals surface area contributed by atoms with Crippen LogP contribution in [0.3, 0.4) is 0 Å². The molecule has 0 radical (unpaired) electrons. The first-order chi connectivity index (χ1) is 5.24. The number of nitrogens with zero attached hydrogens (tertiary/aromatic N) is 2. The SMILES string of the molecule is N#CC1C(=O)CC2CC(=O)N21. The Labute approximate surface area is 63.4 Å². The molecule has 2 fully saturated rings. The van der Waals surface area contributed by atoms with Gasteiger partial charge in [-0.15, -0.1) is 0 Å². The third-order valence-electron chi connectivity index (χ3n) is 2.23. The molecule has 0 aromatic heterocycles. The second kappa shape index (κ2) is 1.82. The molecule has 2 rings (SSSR count). The van der Waals surface area contributed by atoms with Crippen molar-refractivity contribution in [3.63, 3.8) is 0 Å². The molecule has 2 unspecified atom stereocenters. The number of hydrogen-bond donors (Lipinski definition) is 0. The molecule has 2 atom stereocenters. The molecule has 0 aromatic rings. The molecule has 0 bridgehead atoms. The van der Waals surface area contributed by atoms with E-state index in [1.54, 1.807) is 0 Å². The number of fused-ring (bicyclic) bond motifs is 1. The van der Waals surface area contributed by atoms with E-state index < -0.39 is 6.04 Å². The maximum atomic E-state index is 11.0. The van der Waals surface area contributed by atoms with E-state index in [-0.39, 0.29) is 17.7 Å². The van der Waals surface area contributed by atoms with Crippen LogP contribution in [-0.4, -0.2) is 28.7 Å². The molecule has 4 nitrogen and oxygen atoms in total. The number of nitriles is 1. The zero-order valence-corrected chi connectivity index (χ0v) is 5.78. The summed E-state index contributed by atoms with van der Waals surface area (Å²) < 4.78 is 0. The Balaban J connectivity index is 2.27. The molecule has 2 saturated heterocycles. The average Bonchev–Trinajstić information content (AvgIpc) is 2.22. The number of ketones is 1. The lowest BCUT2D eigenvalue weighted by atomic mass is 10.0. The van der Waals surface area contributed by atoms with E-state index in [2.05, 4.69) is 0 Å². The van der Waals surface area contributed by atoms with Gasteiger partial charge in [0.2, 0.25) is 5.91 Å². The second-order valence-corrected chi connectivity index (χ2v) is 2.86. The number of carbonyl (C=O) groups excluding carboxylic acids is 2. The van der Waals surface area contributed by atoms with Crippen LogP contribution < -0.4 is 0 Å². The fourth-order valence-electron chi connectivity index (χ4n) is 1.66. The van der Waals surface area contributed by atoms with Crippen molar-refractivity contribution in [2.75, 3.05) is 0 Å². The number of hydrogen-bond acceptors (Lipinski definition) is 3. The third-order valence-corrected chi connectivity index (χ3v) is 2.23. The first-order valence-corrected chi connectivity index (χ1v) is 3.47. The Bertz CT molecular complexity index is 279. The van der Waals surface area contributed by atoms with Crippen LogP contribution in [0.25, 0.3) is 0 Å². The summed E-state index contributed by atoms with van der Waals surface area (Å²) in [4.78, 5) is 23.2. The lowest BCUT2D eigenvalue weighted by molar-refractivity contribution is -0.145. The first-order valence-electron chi connectivity index (χ1n) is 3.47. The fourth-order valence-corrected chi connectivity index (χ4v) is 1.66. The first kappa shape index (κ1) is 6.35. The van der Waals surface area contributed by atoms with Crippen LogP contribution in [0.4, 0.5) is 0 Å². The van der Waals surface area contributed by atoms with Crippen LogP contribution in [0.2, 0.25) is 0 Å². The molecule has 2 aliphatic heterocycles. The van der Waals surface area contributed by atoms with Crippen molar-refractivity contribution in [1.29, 1.82) is 5.26 Å². The van der Waals surface area contributed by atoms with Crippen molar-refractivity contribution < 1.29 is 9.59 Å². The number of carbonyl (C=O) groups is 2. The molecular formula is C7H6N2O2. The fraction of sp³-hybridized carbons (Fsp3) is 0.571. The highest BCUT2D eigenvalue weighted by Gasteiger charge is 2.50. The van der Waals surface area contributed by atoms with E-state index in [9.17, 15) is 9.59 Å². The van der Waals surface area contributed by atoms with Crippen molar-refractivity contribution in [2.24, 2.45) is 0 Å². The molecule has 1 amide bonds. The predicted octanol–water partition coefficient (Wildman–Crippen LogP) is -0.548. The lowest BCUT2D eigenvalue weighted by Gasteiger charge is -2.34.